The van der Waals surface area contributed by atoms with Crippen molar-refractivity contribution >= 4 is 33.6 Å². The Hall–Kier alpha value is -4.12. The summed E-state index contributed by atoms with van der Waals surface area (Å²) in [4.78, 5) is 35.3. The SMILES string of the molecule is CC(C)(C)OC(=O)N1CC(CCCCOc2ccc(S(=O)(=O)NC(=O)c3ccc(-n4ccc(OCCC5CC5C(F)(F)F)n4)nc3Cl)cn2)CC1(C)C. The Morgan fingerprint density at radius 2 is 1.75 bits per heavy atom. The molecule has 53 heavy (non-hydrogen) atoms. The number of unbranched alkanes of at least 4 members (excludes halogenated alkanes) is 1. The number of carbonyl (C=O) groups is 2. The zero-order valence-electron chi connectivity index (χ0n) is 30.2. The van der Waals surface area contributed by atoms with E-state index >= 15 is 0 Å². The molecule has 0 bridgehead atoms. The topological polar surface area (TPSA) is 155 Å². The summed E-state index contributed by atoms with van der Waals surface area (Å²) in [5.41, 5.74) is -1.06. The molecule has 4 heterocycles. The van der Waals surface area contributed by atoms with E-state index < -0.39 is 39.5 Å². The van der Waals surface area contributed by atoms with Gasteiger partial charge in [0, 0.05) is 30.4 Å². The van der Waals surface area contributed by atoms with Gasteiger partial charge in [-0.2, -0.15) is 13.2 Å². The normalized spacial score (nSPS) is 19.9. The minimum absolute atomic E-state index is 0.0700. The minimum atomic E-state index is -4.33. The molecule has 5 rings (SSSR count). The molecule has 1 aliphatic carbocycles. The minimum Gasteiger partial charge on any atom is -0.478 e. The van der Waals surface area contributed by atoms with Crippen molar-refractivity contribution in [1.29, 1.82) is 0 Å². The van der Waals surface area contributed by atoms with Crippen LogP contribution in [-0.4, -0.2) is 82.1 Å². The highest BCUT2D eigenvalue weighted by molar-refractivity contribution is 7.90. The van der Waals surface area contributed by atoms with Gasteiger partial charge in [-0.05, 0) is 103 Å². The van der Waals surface area contributed by atoms with Gasteiger partial charge in [0.05, 0.1) is 30.9 Å². The molecule has 2 fully saturated rings. The third kappa shape index (κ3) is 10.7. The Kier molecular flexibility index (Phi) is 11.9. The van der Waals surface area contributed by atoms with Crippen LogP contribution in [0.2, 0.25) is 5.15 Å². The standard InChI is InChI=1S/C35H44ClF3N6O7S/c1-33(2,3)52-32(47)44-21-22(19-34(44,4)5)8-6-7-16-50-28-12-9-24(20-40-28)53(48,49)43-31(46)25-10-11-27(41-30(25)36)45-15-13-29(42-45)51-17-14-23-18-26(23)35(37,38)39/h9-13,15,20,22-23,26H,6-8,14,16-19,21H2,1-5H3,(H,43,46). The molecule has 18 heteroatoms. The predicted molar refractivity (Wildman–Crippen MR) is 187 cm³/mol. The number of pyridine rings is 2. The number of hydrogen-bond donors (Lipinski definition) is 1. The highest BCUT2D eigenvalue weighted by atomic mass is 35.5. The van der Waals surface area contributed by atoms with Gasteiger partial charge in [-0.1, -0.05) is 11.6 Å². The number of nitrogens with zero attached hydrogens (tertiary/aromatic N) is 5. The quantitative estimate of drug-likeness (QED) is 0.134. The van der Waals surface area contributed by atoms with E-state index in [4.69, 9.17) is 25.8 Å². The van der Waals surface area contributed by atoms with Crippen molar-refractivity contribution in [3.63, 3.8) is 0 Å². The van der Waals surface area contributed by atoms with E-state index in [2.05, 4.69) is 15.1 Å². The lowest BCUT2D eigenvalue weighted by molar-refractivity contribution is -0.151. The lowest BCUT2D eigenvalue weighted by atomic mass is 9.93. The molecule has 2 aliphatic rings. The van der Waals surface area contributed by atoms with Crippen molar-refractivity contribution in [2.75, 3.05) is 19.8 Å². The first-order chi connectivity index (χ1) is 24.7. The number of ether oxygens (including phenoxy) is 3. The van der Waals surface area contributed by atoms with E-state index in [1.54, 1.807) is 4.90 Å². The summed E-state index contributed by atoms with van der Waals surface area (Å²) in [5.74, 6) is -1.82. The molecule has 3 atom stereocenters. The number of amides is 2. The van der Waals surface area contributed by atoms with Gasteiger partial charge in [-0.15, -0.1) is 5.10 Å². The van der Waals surface area contributed by atoms with Crippen LogP contribution in [0.5, 0.6) is 11.8 Å². The third-order valence-corrected chi connectivity index (χ3v) is 10.6. The summed E-state index contributed by atoms with van der Waals surface area (Å²) >= 11 is 6.23. The molecule has 3 aromatic rings. The van der Waals surface area contributed by atoms with Crippen LogP contribution in [0.25, 0.3) is 5.82 Å². The van der Waals surface area contributed by atoms with Gasteiger partial charge < -0.3 is 19.1 Å². The lowest BCUT2D eigenvalue weighted by Gasteiger charge is -2.33. The highest BCUT2D eigenvalue weighted by Gasteiger charge is 2.55. The number of carbonyl (C=O) groups excluding carboxylic acids is 2. The Morgan fingerprint density at radius 1 is 1.02 bits per heavy atom. The Labute approximate surface area is 311 Å². The van der Waals surface area contributed by atoms with Crippen LogP contribution in [0, 0.1) is 17.8 Å². The van der Waals surface area contributed by atoms with E-state index in [-0.39, 0.29) is 64.3 Å². The Balaban J connectivity index is 1.05. The fourth-order valence-electron chi connectivity index (χ4n) is 6.29. The smallest absolute Gasteiger partial charge is 0.410 e. The fourth-order valence-corrected chi connectivity index (χ4v) is 7.44. The molecular formula is C35H44ClF3N6O7S. The van der Waals surface area contributed by atoms with E-state index in [0.29, 0.717) is 19.1 Å². The second-order valence-corrected chi connectivity index (χ2v) is 17.0. The first-order valence-electron chi connectivity index (χ1n) is 17.3. The summed E-state index contributed by atoms with van der Waals surface area (Å²) in [6.45, 7) is 10.7. The van der Waals surface area contributed by atoms with Gasteiger partial charge in [0.25, 0.3) is 15.9 Å². The molecule has 3 unspecified atom stereocenters. The van der Waals surface area contributed by atoms with Gasteiger partial charge in [0.1, 0.15) is 15.6 Å². The second-order valence-electron chi connectivity index (χ2n) is 15.0. The average molecular weight is 785 g/mol. The maximum Gasteiger partial charge on any atom is 0.410 e. The van der Waals surface area contributed by atoms with E-state index in [1.807, 2.05) is 39.3 Å². The molecule has 1 saturated heterocycles. The largest absolute Gasteiger partial charge is 0.478 e. The molecule has 13 nitrogen and oxygen atoms in total. The fraction of sp³-hybridized carbons (Fsp3) is 0.571. The maximum absolute atomic E-state index is 12.9. The van der Waals surface area contributed by atoms with E-state index in [9.17, 15) is 31.2 Å². The maximum atomic E-state index is 12.9. The summed E-state index contributed by atoms with van der Waals surface area (Å²) in [7, 11) is -4.33. The van der Waals surface area contributed by atoms with Gasteiger partial charge >= 0.3 is 12.3 Å². The van der Waals surface area contributed by atoms with Crippen LogP contribution < -0.4 is 14.2 Å². The molecule has 3 aromatic heterocycles. The van der Waals surface area contributed by atoms with Gasteiger partial charge in [-0.25, -0.2) is 32.6 Å². The van der Waals surface area contributed by atoms with Crippen molar-refractivity contribution in [2.24, 2.45) is 17.8 Å². The number of aromatic nitrogens is 4. The lowest BCUT2D eigenvalue weighted by Crippen LogP contribution is -2.45. The second kappa shape index (κ2) is 15.7. The van der Waals surface area contributed by atoms with Crippen LogP contribution in [0.3, 0.4) is 0 Å². The molecule has 1 saturated carbocycles. The van der Waals surface area contributed by atoms with Crippen molar-refractivity contribution in [2.45, 2.75) is 95.4 Å². The molecule has 1 N–H and O–H groups in total. The number of hydrogen-bond acceptors (Lipinski definition) is 10. The zero-order chi connectivity index (χ0) is 38.8. The third-order valence-electron chi connectivity index (χ3n) is 9.04. The van der Waals surface area contributed by atoms with Crippen molar-refractivity contribution < 1.29 is 45.4 Å². The summed E-state index contributed by atoms with van der Waals surface area (Å²) in [6, 6.07) is 6.84. The van der Waals surface area contributed by atoms with E-state index in [0.717, 1.165) is 31.9 Å². The molecular weight excluding hydrogens is 741 g/mol. The first kappa shape index (κ1) is 40.1. The van der Waals surface area contributed by atoms with Crippen LogP contribution in [0.1, 0.15) is 83.5 Å². The Bertz CT molecular complexity index is 1880. The monoisotopic (exact) mass is 784 g/mol. The van der Waals surface area contributed by atoms with Crippen molar-refractivity contribution in [3.05, 3.63) is 53.4 Å². The average Bonchev–Trinajstić information content (AvgIpc) is 3.57. The number of sulfonamides is 1. The summed E-state index contributed by atoms with van der Waals surface area (Å²) < 4.78 is 84.0. The number of nitrogens with one attached hydrogen (secondary N) is 1. The number of halogens is 4. The van der Waals surface area contributed by atoms with Gasteiger partial charge in [-0.3, -0.25) is 4.79 Å². The van der Waals surface area contributed by atoms with Crippen LogP contribution >= 0.6 is 11.6 Å². The molecule has 0 spiro atoms. The number of likely N-dealkylation sites (tertiary alicyclic amines) is 1. The first-order valence-corrected chi connectivity index (χ1v) is 19.2. The van der Waals surface area contributed by atoms with Crippen LogP contribution in [0.4, 0.5) is 18.0 Å². The molecule has 290 valence electrons. The Morgan fingerprint density at radius 3 is 2.40 bits per heavy atom. The van der Waals surface area contributed by atoms with E-state index in [1.165, 1.54) is 41.2 Å². The van der Waals surface area contributed by atoms with Crippen molar-refractivity contribution in [1.82, 2.24) is 29.4 Å². The number of alkyl halides is 3. The molecule has 0 aromatic carbocycles. The molecule has 2 amide bonds. The summed E-state index contributed by atoms with van der Waals surface area (Å²) in [6.07, 6.45) is 1.84. The van der Waals surface area contributed by atoms with Gasteiger partial charge in [0.2, 0.25) is 11.8 Å². The zero-order valence-corrected chi connectivity index (χ0v) is 31.7. The van der Waals surface area contributed by atoms with Crippen LogP contribution in [0.15, 0.2) is 47.6 Å². The van der Waals surface area contributed by atoms with Crippen molar-refractivity contribution in [3.8, 4) is 17.6 Å². The van der Waals surface area contributed by atoms with Gasteiger partial charge in [0.15, 0.2) is 5.82 Å². The predicted octanol–water partition coefficient (Wildman–Crippen LogP) is 6.99. The highest BCUT2D eigenvalue weighted by Crippen LogP contribution is 2.51. The molecule has 1 aliphatic heterocycles. The molecule has 0 radical (unpaired) electrons. The number of rotatable bonds is 14. The van der Waals surface area contributed by atoms with Crippen LogP contribution in [-0.2, 0) is 14.8 Å². The summed E-state index contributed by atoms with van der Waals surface area (Å²) in [5, 5.41) is 3.88.